The first-order chi connectivity index (χ1) is 14.4. The average molecular weight is 383 g/mol. The minimum absolute atomic E-state index is 0.471. The molecule has 0 amide bonds. The second-order valence-corrected chi connectivity index (χ2v) is 6.86. The van der Waals surface area contributed by atoms with Crippen molar-refractivity contribution in [1.82, 2.24) is 0 Å². The lowest BCUT2D eigenvalue weighted by atomic mass is 10.0. The van der Waals surface area contributed by atoms with Crippen LogP contribution in [0.25, 0.3) is 21.9 Å². The Morgan fingerprint density at radius 3 is 2.14 bits per heavy atom. The molecule has 0 spiro atoms. The molecule has 0 aromatic heterocycles. The Labute approximate surface area is 171 Å². The summed E-state index contributed by atoms with van der Waals surface area (Å²) in [7, 11) is 0. The first-order valence-corrected chi connectivity index (χ1v) is 9.97. The molecule has 0 aliphatic heterocycles. The Kier molecular flexibility index (Phi) is 6.08. The van der Waals surface area contributed by atoms with Crippen LogP contribution < -0.4 is 15.2 Å². The van der Waals surface area contributed by atoms with E-state index in [2.05, 4.69) is 42.5 Å². The number of fused-ring (bicyclic) bond motifs is 1. The lowest BCUT2D eigenvalue weighted by Crippen LogP contribution is -2.12. The second kappa shape index (κ2) is 9.26. The monoisotopic (exact) mass is 383 g/mol. The molecule has 2 N–H and O–H groups in total. The molecule has 0 bridgehead atoms. The zero-order chi connectivity index (χ0) is 19.9. The Balaban J connectivity index is 1.45. The summed E-state index contributed by atoms with van der Waals surface area (Å²) in [5.74, 6) is 1.75. The summed E-state index contributed by atoms with van der Waals surface area (Å²) >= 11 is 0. The maximum atomic E-state index is 6.08. The topological polar surface area (TPSA) is 44.5 Å². The normalized spacial score (nSPS) is 10.8. The van der Waals surface area contributed by atoms with E-state index in [9.17, 15) is 0 Å². The SMILES string of the molecule is NCCc1c(OCCOc2ccccc2-c2ccccc2)ccc2ccccc12. The first-order valence-electron chi connectivity index (χ1n) is 9.97. The van der Waals surface area contributed by atoms with E-state index in [-0.39, 0.29) is 0 Å². The quantitative estimate of drug-likeness (QED) is 0.411. The zero-order valence-electron chi connectivity index (χ0n) is 16.4. The van der Waals surface area contributed by atoms with Gasteiger partial charge < -0.3 is 15.2 Å². The van der Waals surface area contributed by atoms with Crippen molar-refractivity contribution in [2.75, 3.05) is 19.8 Å². The van der Waals surface area contributed by atoms with Crippen molar-refractivity contribution in [3.63, 3.8) is 0 Å². The third-order valence-corrected chi connectivity index (χ3v) is 4.96. The molecular weight excluding hydrogens is 358 g/mol. The first kappa shape index (κ1) is 19.0. The van der Waals surface area contributed by atoms with Crippen molar-refractivity contribution < 1.29 is 9.47 Å². The van der Waals surface area contributed by atoms with Gasteiger partial charge in [-0.3, -0.25) is 0 Å². The third-order valence-electron chi connectivity index (χ3n) is 4.96. The molecule has 0 heterocycles. The highest BCUT2D eigenvalue weighted by molar-refractivity contribution is 5.87. The summed E-state index contributed by atoms with van der Waals surface area (Å²) in [5, 5.41) is 2.40. The van der Waals surface area contributed by atoms with Crippen LogP contribution >= 0.6 is 0 Å². The Morgan fingerprint density at radius 2 is 1.31 bits per heavy atom. The van der Waals surface area contributed by atoms with Gasteiger partial charge in [-0.25, -0.2) is 0 Å². The van der Waals surface area contributed by atoms with E-state index in [0.717, 1.165) is 34.6 Å². The van der Waals surface area contributed by atoms with Crippen LogP contribution in [0, 0.1) is 0 Å². The lowest BCUT2D eigenvalue weighted by molar-refractivity contribution is 0.216. The predicted molar refractivity (Wildman–Crippen MR) is 120 cm³/mol. The maximum Gasteiger partial charge on any atom is 0.127 e. The van der Waals surface area contributed by atoms with Gasteiger partial charge in [0.05, 0.1) is 0 Å². The van der Waals surface area contributed by atoms with Gasteiger partial charge in [0.2, 0.25) is 0 Å². The van der Waals surface area contributed by atoms with Gasteiger partial charge in [-0.1, -0.05) is 78.9 Å². The summed E-state index contributed by atoms with van der Waals surface area (Å²) in [6.07, 6.45) is 0.786. The summed E-state index contributed by atoms with van der Waals surface area (Å²) in [6.45, 7) is 1.53. The molecule has 0 atom stereocenters. The van der Waals surface area contributed by atoms with Crippen LogP contribution in [-0.4, -0.2) is 19.8 Å². The largest absolute Gasteiger partial charge is 0.490 e. The molecule has 0 aliphatic carbocycles. The lowest BCUT2D eigenvalue weighted by Gasteiger charge is -2.15. The number of nitrogens with two attached hydrogens (primary N) is 1. The van der Waals surface area contributed by atoms with Crippen LogP contribution in [0.1, 0.15) is 5.56 Å². The van der Waals surface area contributed by atoms with E-state index in [1.165, 1.54) is 10.8 Å². The van der Waals surface area contributed by atoms with Crippen molar-refractivity contribution in [3.05, 3.63) is 96.6 Å². The Morgan fingerprint density at radius 1 is 0.621 bits per heavy atom. The number of hydrogen-bond acceptors (Lipinski definition) is 3. The molecule has 4 aromatic rings. The number of hydrogen-bond donors (Lipinski definition) is 1. The molecule has 0 saturated heterocycles. The minimum Gasteiger partial charge on any atom is -0.490 e. The molecule has 3 nitrogen and oxygen atoms in total. The number of rotatable bonds is 8. The van der Waals surface area contributed by atoms with Gasteiger partial charge in [0.25, 0.3) is 0 Å². The molecule has 0 radical (unpaired) electrons. The van der Waals surface area contributed by atoms with Gasteiger partial charge >= 0.3 is 0 Å². The maximum absolute atomic E-state index is 6.08. The molecule has 4 rings (SSSR count). The summed E-state index contributed by atoms with van der Waals surface area (Å²) in [6, 6.07) is 30.8. The summed E-state index contributed by atoms with van der Waals surface area (Å²) < 4.78 is 12.1. The van der Waals surface area contributed by atoms with E-state index in [1.54, 1.807) is 0 Å². The molecule has 0 saturated carbocycles. The average Bonchev–Trinajstić information content (AvgIpc) is 2.79. The minimum atomic E-state index is 0.471. The van der Waals surface area contributed by atoms with Crippen molar-refractivity contribution in [1.29, 1.82) is 0 Å². The molecule has 0 aliphatic rings. The highest BCUT2D eigenvalue weighted by Gasteiger charge is 2.09. The molecule has 4 aromatic carbocycles. The van der Waals surface area contributed by atoms with Gasteiger partial charge in [0, 0.05) is 11.1 Å². The fraction of sp³-hybridized carbons (Fsp3) is 0.154. The number of ether oxygens (including phenoxy) is 2. The fourth-order valence-corrected chi connectivity index (χ4v) is 3.61. The Bertz CT molecular complexity index is 1080. The molecule has 3 heteroatoms. The smallest absolute Gasteiger partial charge is 0.127 e. The van der Waals surface area contributed by atoms with E-state index >= 15 is 0 Å². The van der Waals surface area contributed by atoms with E-state index in [1.807, 2.05) is 48.5 Å². The van der Waals surface area contributed by atoms with E-state index in [0.29, 0.717) is 19.8 Å². The van der Waals surface area contributed by atoms with Crippen LogP contribution in [0.5, 0.6) is 11.5 Å². The van der Waals surface area contributed by atoms with Crippen molar-refractivity contribution in [2.45, 2.75) is 6.42 Å². The van der Waals surface area contributed by atoms with Gasteiger partial charge in [-0.05, 0) is 41.4 Å². The van der Waals surface area contributed by atoms with Crippen molar-refractivity contribution in [3.8, 4) is 22.6 Å². The zero-order valence-corrected chi connectivity index (χ0v) is 16.4. The fourth-order valence-electron chi connectivity index (χ4n) is 3.61. The van der Waals surface area contributed by atoms with Crippen LogP contribution in [-0.2, 0) is 6.42 Å². The van der Waals surface area contributed by atoms with Crippen LogP contribution in [0.15, 0.2) is 91.0 Å². The Hall–Kier alpha value is -3.30. The second-order valence-electron chi connectivity index (χ2n) is 6.86. The predicted octanol–water partition coefficient (Wildman–Crippen LogP) is 5.47. The highest BCUT2D eigenvalue weighted by atomic mass is 16.5. The van der Waals surface area contributed by atoms with E-state index < -0.39 is 0 Å². The number of para-hydroxylation sites is 1. The van der Waals surface area contributed by atoms with Gasteiger partial charge in [0.15, 0.2) is 0 Å². The summed E-state index contributed by atoms with van der Waals surface area (Å²) in [5.41, 5.74) is 9.23. The standard InChI is InChI=1S/C26H25NO2/c27-17-16-24-22-11-5-4-10-21(22)14-15-26(24)29-19-18-28-25-13-7-6-12-23(25)20-8-2-1-3-9-20/h1-15H,16-19,27H2. The van der Waals surface area contributed by atoms with E-state index in [4.69, 9.17) is 15.2 Å². The molecule has 0 unspecified atom stereocenters. The van der Waals surface area contributed by atoms with Crippen molar-refractivity contribution in [2.24, 2.45) is 5.73 Å². The van der Waals surface area contributed by atoms with Crippen LogP contribution in [0.4, 0.5) is 0 Å². The van der Waals surface area contributed by atoms with Crippen molar-refractivity contribution >= 4 is 10.8 Å². The molecule has 0 fully saturated rings. The molecule has 146 valence electrons. The molecular formula is C26H25NO2. The van der Waals surface area contributed by atoms with Crippen LogP contribution in [0.3, 0.4) is 0 Å². The molecule has 29 heavy (non-hydrogen) atoms. The number of benzene rings is 4. The summed E-state index contributed by atoms with van der Waals surface area (Å²) in [4.78, 5) is 0. The van der Waals surface area contributed by atoms with Crippen LogP contribution in [0.2, 0.25) is 0 Å². The highest BCUT2D eigenvalue weighted by Crippen LogP contribution is 2.30. The van der Waals surface area contributed by atoms with Gasteiger partial charge in [0.1, 0.15) is 24.7 Å². The third kappa shape index (κ3) is 4.41. The van der Waals surface area contributed by atoms with Gasteiger partial charge in [-0.15, -0.1) is 0 Å². The van der Waals surface area contributed by atoms with Gasteiger partial charge in [-0.2, -0.15) is 0 Å².